The molecule has 1 saturated heterocycles. The summed E-state index contributed by atoms with van der Waals surface area (Å²) in [5, 5.41) is 3.61. The number of carbonyl (C=O) groups is 1. The summed E-state index contributed by atoms with van der Waals surface area (Å²) in [7, 11) is -6.85. The second-order valence-electron chi connectivity index (χ2n) is 10.2. The van der Waals surface area contributed by atoms with Crippen LogP contribution < -0.4 is 10.0 Å². The molecular weight excluding hydrogens is 602 g/mol. The zero-order valence-electron chi connectivity index (χ0n) is 23.3. The number of esters is 1. The first-order valence-electron chi connectivity index (χ1n) is 13.2. The quantitative estimate of drug-likeness (QED) is 0.206. The van der Waals surface area contributed by atoms with Gasteiger partial charge in [0.1, 0.15) is 5.82 Å². The van der Waals surface area contributed by atoms with Gasteiger partial charge in [-0.15, -0.1) is 0 Å². The minimum absolute atomic E-state index is 0.101. The maximum absolute atomic E-state index is 13.6. The lowest BCUT2D eigenvalue weighted by atomic mass is 10.0. The molecule has 1 aliphatic heterocycles. The molecule has 0 aliphatic carbocycles. The third kappa shape index (κ3) is 7.14. The Kier molecular flexibility index (Phi) is 9.66. The molecule has 1 aliphatic rings. The van der Waals surface area contributed by atoms with E-state index >= 15 is 0 Å². The van der Waals surface area contributed by atoms with Crippen molar-refractivity contribution in [3.05, 3.63) is 83.7 Å². The number of thiocarbonyl (C=S) groups is 1. The van der Waals surface area contributed by atoms with Crippen molar-refractivity contribution in [2.24, 2.45) is 0 Å². The fraction of sp³-hybridized carbons (Fsp3) is 0.310. The van der Waals surface area contributed by atoms with E-state index in [9.17, 15) is 26.0 Å². The van der Waals surface area contributed by atoms with E-state index in [0.29, 0.717) is 47.9 Å². The molecule has 0 bridgehead atoms. The minimum Gasteiger partial charge on any atom is -0.465 e. The number of methoxy groups -OCH3 is 1. The normalized spacial score (nSPS) is 14.5. The van der Waals surface area contributed by atoms with Gasteiger partial charge in [-0.3, -0.25) is 0 Å². The Morgan fingerprint density at radius 2 is 1.55 bits per heavy atom. The maximum atomic E-state index is 13.6. The molecule has 0 aromatic heterocycles. The van der Waals surface area contributed by atoms with E-state index in [4.69, 9.17) is 17.0 Å². The molecule has 0 amide bonds. The van der Waals surface area contributed by atoms with Crippen LogP contribution in [0.5, 0.6) is 0 Å². The summed E-state index contributed by atoms with van der Waals surface area (Å²) < 4.78 is 74.4. The molecule has 42 heavy (non-hydrogen) atoms. The number of sulfonamides is 1. The summed E-state index contributed by atoms with van der Waals surface area (Å²) >= 11 is 5.54. The van der Waals surface area contributed by atoms with Crippen LogP contribution in [0.2, 0.25) is 0 Å². The number of carbonyl (C=O) groups excluding carboxylic acids is 1. The molecule has 3 aromatic rings. The Labute approximate surface area is 251 Å². The Morgan fingerprint density at radius 3 is 2.12 bits per heavy atom. The zero-order chi connectivity index (χ0) is 30.7. The van der Waals surface area contributed by atoms with Crippen molar-refractivity contribution < 1.29 is 30.8 Å². The van der Waals surface area contributed by atoms with E-state index in [1.54, 1.807) is 24.3 Å². The second kappa shape index (κ2) is 12.9. The van der Waals surface area contributed by atoms with Crippen LogP contribution in [0.25, 0.3) is 0 Å². The fourth-order valence-corrected chi connectivity index (χ4v) is 7.99. The molecule has 3 aromatic carbocycles. The van der Waals surface area contributed by atoms with Crippen LogP contribution in [-0.4, -0.2) is 59.1 Å². The summed E-state index contributed by atoms with van der Waals surface area (Å²) in [5.74, 6) is -1.20. The number of ether oxygens (including phenoxy) is 1. The van der Waals surface area contributed by atoms with Crippen LogP contribution in [-0.2, 0) is 24.6 Å². The van der Waals surface area contributed by atoms with Crippen molar-refractivity contribution >= 4 is 48.8 Å². The molecule has 0 radical (unpaired) electrons. The summed E-state index contributed by atoms with van der Waals surface area (Å²) in [6, 6.07) is 14.8. The van der Waals surface area contributed by atoms with Crippen molar-refractivity contribution in [2.45, 2.75) is 53.3 Å². The number of hydrogen-bond acceptors (Lipinski definition) is 7. The molecule has 1 heterocycles. The molecule has 2 N–H and O–H groups in total. The summed E-state index contributed by atoms with van der Waals surface area (Å²) in [6.07, 6.45) is 0.958. The van der Waals surface area contributed by atoms with Crippen molar-refractivity contribution in [1.29, 1.82) is 0 Å². The number of benzene rings is 3. The van der Waals surface area contributed by atoms with Gasteiger partial charge in [-0.1, -0.05) is 19.9 Å². The van der Waals surface area contributed by atoms with Crippen molar-refractivity contribution in [3.8, 4) is 0 Å². The zero-order valence-corrected chi connectivity index (χ0v) is 25.8. The van der Waals surface area contributed by atoms with Crippen LogP contribution in [0.3, 0.4) is 0 Å². The highest BCUT2D eigenvalue weighted by Gasteiger charge is 2.29. The topological polar surface area (TPSA) is 122 Å². The number of nitrogens with one attached hydrogen (secondary N) is 2. The highest BCUT2D eigenvalue weighted by atomic mass is 32.2. The highest BCUT2D eigenvalue weighted by molar-refractivity contribution is 7.91. The van der Waals surface area contributed by atoms with Crippen LogP contribution in [0, 0.1) is 5.82 Å². The Hall–Kier alpha value is -3.39. The number of hydrogen-bond donors (Lipinski definition) is 2. The SMILES string of the molecule is COC(=O)c1ccc(NC(=S)N2CCC(NS(=O)(=O)c3cc(S(=O)(=O)c4ccc(F)cc4)ccc3C(C)C)CC2)cc1. The molecule has 0 unspecified atom stereocenters. The smallest absolute Gasteiger partial charge is 0.337 e. The van der Waals surface area contributed by atoms with Crippen LogP contribution in [0.1, 0.15) is 48.5 Å². The summed E-state index contributed by atoms with van der Waals surface area (Å²) in [6.45, 7) is 4.65. The van der Waals surface area contributed by atoms with Gasteiger partial charge < -0.3 is 15.0 Å². The monoisotopic (exact) mass is 633 g/mol. The molecule has 224 valence electrons. The standard InChI is InChI=1S/C29H32FN3O6S3/c1-19(2)26-13-12-25(41(35,36)24-10-6-21(30)7-11-24)18-27(26)42(37,38)32-23-14-16-33(17-15-23)29(40)31-22-8-4-20(5-9-22)28(34)39-3/h4-13,18-19,23,32H,14-17H2,1-3H3,(H,31,40). The third-order valence-corrected chi connectivity index (χ3v) is 10.7. The number of sulfone groups is 1. The van der Waals surface area contributed by atoms with Crippen molar-refractivity contribution in [1.82, 2.24) is 9.62 Å². The van der Waals surface area contributed by atoms with E-state index in [-0.39, 0.29) is 26.6 Å². The first-order valence-corrected chi connectivity index (χ1v) is 16.6. The average Bonchev–Trinajstić information content (AvgIpc) is 2.97. The average molecular weight is 634 g/mol. The molecule has 9 nitrogen and oxygen atoms in total. The lowest BCUT2D eigenvalue weighted by Crippen LogP contribution is -2.47. The number of rotatable bonds is 8. The lowest BCUT2D eigenvalue weighted by Gasteiger charge is -2.34. The number of anilines is 1. The summed E-state index contributed by atoms with van der Waals surface area (Å²) in [5.41, 5.74) is 1.61. The van der Waals surface area contributed by atoms with Gasteiger partial charge in [0.25, 0.3) is 0 Å². The van der Waals surface area contributed by atoms with Crippen molar-refractivity contribution in [2.75, 3.05) is 25.5 Å². The van der Waals surface area contributed by atoms with E-state index < -0.39 is 31.6 Å². The Bertz CT molecular complexity index is 1670. The Balaban J connectivity index is 1.45. The van der Waals surface area contributed by atoms with Crippen LogP contribution in [0.15, 0.2) is 81.4 Å². The van der Waals surface area contributed by atoms with Crippen molar-refractivity contribution in [3.63, 3.8) is 0 Å². The van der Waals surface area contributed by atoms with Gasteiger partial charge in [0, 0.05) is 24.8 Å². The minimum atomic E-state index is -4.09. The van der Waals surface area contributed by atoms with Gasteiger partial charge in [-0.2, -0.15) is 0 Å². The molecule has 0 spiro atoms. The molecule has 0 saturated carbocycles. The molecule has 4 rings (SSSR count). The van der Waals surface area contributed by atoms with Gasteiger partial charge in [-0.05, 0) is 97.2 Å². The first kappa shape index (κ1) is 31.5. The van der Waals surface area contributed by atoms with Gasteiger partial charge >= 0.3 is 5.97 Å². The van der Waals surface area contributed by atoms with E-state index in [1.807, 2.05) is 18.7 Å². The largest absolute Gasteiger partial charge is 0.465 e. The predicted molar refractivity (Wildman–Crippen MR) is 161 cm³/mol. The second-order valence-corrected chi connectivity index (χ2v) is 14.2. The number of nitrogens with zero attached hydrogens (tertiary/aromatic N) is 1. The third-order valence-electron chi connectivity index (χ3n) is 6.99. The summed E-state index contributed by atoms with van der Waals surface area (Å²) in [4.78, 5) is 13.1. The van der Waals surface area contributed by atoms with Gasteiger partial charge in [0.05, 0.1) is 27.4 Å². The fourth-order valence-electron chi connectivity index (χ4n) is 4.63. The highest BCUT2D eigenvalue weighted by Crippen LogP contribution is 2.30. The van der Waals surface area contributed by atoms with Gasteiger partial charge in [0.15, 0.2) is 5.11 Å². The van der Waals surface area contributed by atoms with Gasteiger partial charge in [-0.25, -0.2) is 30.7 Å². The Morgan fingerprint density at radius 1 is 0.952 bits per heavy atom. The predicted octanol–water partition coefficient (Wildman–Crippen LogP) is 4.71. The number of halogens is 1. The number of likely N-dealkylation sites (tertiary alicyclic amines) is 1. The van der Waals surface area contributed by atoms with Gasteiger partial charge in [0.2, 0.25) is 19.9 Å². The molecule has 0 atom stereocenters. The van der Waals surface area contributed by atoms with Crippen LogP contribution >= 0.6 is 12.2 Å². The van der Waals surface area contributed by atoms with E-state index in [2.05, 4.69) is 10.0 Å². The number of piperidine rings is 1. The maximum Gasteiger partial charge on any atom is 0.337 e. The lowest BCUT2D eigenvalue weighted by molar-refractivity contribution is 0.0600. The van der Waals surface area contributed by atoms with Crippen LogP contribution in [0.4, 0.5) is 10.1 Å². The molecule has 1 fully saturated rings. The molecule has 13 heteroatoms. The first-order chi connectivity index (χ1) is 19.8. The van der Waals surface area contributed by atoms with E-state index in [0.717, 1.165) is 24.3 Å². The molecular formula is C29H32FN3O6S3. The van der Waals surface area contributed by atoms with E-state index in [1.165, 1.54) is 25.3 Å².